The molecule has 1 heterocycles. The summed E-state index contributed by atoms with van der Waals surface area (Å²) in [5.74, 6) is 0.284. The normalized spacial score (nSPS) is 14.4. The maximum absolute atomic E-state index is 12.7. The number of carbonyl (C=O) groups excluding carboxylic acids is 2. The number of hydrogen-bond acceptors (Lipinski definition) is 3. The van der Waals surface area contributed by atoms with Crippen molar-refractivity contribution in [2.45, 2.75) is 39.3 Å². The Bertz CT molecular complexity index is 874. The van der Waals surface area contributed by atoms with E-state index in [0.717, 1.165) is 50.2 Å². The molecule has 1 fully saturated rings. The Balaban J connectivity index is 0.00000176. The fourth-order valence-corrected chi connectivity index (χ4v) is 3.82. The molecule has 0 spiro atoms. The molecule has 0 saturated carbocycles. The van der Waals surface area contributed by atoms with E-state index in [0.29, 0.717) is 29.9 Å². The van der Waals surface area contributed by atoms with Gasteiger partial charge in [-0.2, -0.15) is 13.2 Å². The van der Waals surface area contributed by atoms with Gasteiger partial charge in [-0.15, -0.1) is 0 Å². The molecular weight excluding hydrogens is 417 g/mol. The summed E-state index contributed by atoms with van der Waals surface area (Å²) < 4.78 is 38.1. The van der Waals surface area contributed by atoms with Gasteiger partial charge in [0.15, 0.2) is 6.29 Å². The van der Waals surface area contributed by atoms with Crippen LogP contribution in [0.4, 0.5) is 18.9 Å². The number of amides is 1. The Hall–Kier alpha value is -2.83. The van der Waals surface area contributed by atoms with E-state index in [9.17, 15) is 22.8 Å². The molecular formula is C25H31F3N2O2. The molecule has 0 aromatic heterocycles. The second-order valence-corrected chi connectivity index (χ2v) is 7.70. The molecule has 2 aromatic rings. The van der Waals surface area contributed by atoms with Gasteiger partial charge in [-0.3, -0.25) is 9.59 Å². The summed E-state index contributed by atoms with van der Waals surface area (Å²) >= 11 is 0. The zero-order chi connectivity index (χ0) is 23.7. The molecule has 0 unspecified atom stereocenters. The zero-order valence-electron chi connectivity index (χ0n) is 18.9. The molecule has 0 atom stereocenters. The average Bonchev–Trinajstić information content (AvgIpc) is 2.83. The van der Waals surface area contributed by atoms with Gasteiger partial charge in [0.05, 0.1) is 11.1 Å². The van der Waals surface area contributed by atoms with Crippen LogP contribution in [0.5, 0.6) is 0 Å². The van der Waals surface area contributed by atoms with Gasteiger partial charge in [-0.25, -0.2) is 0 Å². The molecule has 0 radical (unpaired) electrons. The first-order valence-corrected chi connectivity index (χ1v) is 11.0. The van der Waals surface area contributed by atoms with Crippen LogP contribution in [0.15, 0.2) is 48.5 Å². The highest BCUT2D eigenvalue weighted by molar-refractivity contribution is 6.01. The number of carbonyl (C=O) groups is 2. The summed E-state index contributed by atoms with van der Waals surface area (Å²) in [5, 5.41) is 0. The van der Waals surface area contributed by atoms with Crippen molar-refractivity contribution in [1.82, 2.24) is 4.90 Å². The molecule has 174 valence electrons. The largest absolute Gasteiger partial charge is 0.416 e. The van der Waals surface area contributed by atoms with Crippen molar-refractivity contribution in [3.05, 3.63) is 65.2 Å². The van der Waals surface area contributed by atoms with Crippen LogP contribution in [-0.4, -0.2) is 43.8 Å². The Kier molecular flexibility index (Phi) is 9.29. The predicted octanol–water partition coefficient (Wildman–Crippen LogP) is 5.92. The van der Waals surface area contributed by atoms with Crippen molar-refractivity contribution in [2.24, 2.45) is 5.92 Å². The number of halogens is 3. The standard InChI is InChI=1S/C23H25F3N2O2.C2H6/c1-27(22(30)21-5-3-2-4-18(21)16-29)13-10-17-11-14-28(15-12-17)20-8-6-19(7-9-20)23(24,25)26;1-2/h2-9,16-17H,10-15H2,1H3;1-2H3. The van der Waals surface area contributed by atoms with Crippen LogP contribution in [0.3, 0.4) is 0 Å². The number of nitrogens with zero attached hydrogens (tertiary/aromatic N) is 2. The fraction of sp³-hybridized carbons (Fsp3) is 0.440. The van der Waals surface area contributed by atoms with Crippen molar-refractivity contribution >= 4 is 17.9 Å². The minimum atomic E-state index is -4.32. The SMILES string of the molecule is CC.CN(CCC1CCN(c2ccc(C(F)(F)F)cc2)CC1)C(=O)c1ccccc1C=O. The van der Waals surface area contributed by atoms with E-state index < -0.39 is 11.7 Å². The van der Waals surface area contributed by atoms with Crippen LogP contribution in [-0.2, 0) is 6.18 Å². The summed E-state index contributed by atoms with van der Waals surface area (Å²) in [6.07, 6.45) is -0.923. The van der Waals surface area contributed by atoms with E-state index >= 15 is 0 Å². The van der Waals surface area contributed by atoms with Gasteiger partial charge in [0.2, 0.25) is 0 Å². The molecule has 7 heteroatoms. The molecule has 1 aliphatic heterocycles. The van der Waals surface area contributed by atoms with Crippen LogP contribution < -0.4 is 4.90 Å². The maximum atomic E-state index is 12.7. The average molecular weight is 449 g/mol. The van der Waals surface area contributed by atoms with E-state index in [4.69, 9.17) is 0 Å². The Morgan fingerprint density at radius 2 is 1.66 bits per heavy atom. The minimum Gasteiger partial charge on any atom is -0.372 e. The van der Waals surface area contributed by atoms with Crippen molar-refractivity contribution in [3.63, 3.8) is 0 Å². The molecule has 3 rings (SSSR count). The first-order valence-electron chi connectivity index (χ1n) is 11.0. The van der Waals surface area contributed by atoms with Gasteiger partial charge in [0.1, 0.15) is 0 Å². The lowest BCUT2D eigenvalue weighted by atomic mass is 9.93. The Morgan fingerprint density at radius 1 is 1.06 bits per heavy atom. The van der Waals surface area contributed by atoms with E-state index in [1.165, 1.54) is 12.1 Å². The lowest BCUT2D eigenvalue weighted by Gasteiger charge is -2.34. The highest BCUT2D eigenvalue weighted by atomic mass is 19.4. The Labute approximate surface area is 188 Å². The second-order valence-electron chi connectivity index (χ2n) is 7.70. The maximum Gasteiger partial charge on any atom is 0.416 e. The number of benzene rings is 2. The fourth-order valence-electron chi connectivity index (χ4n) is 3.82. The molecule has 2 aromatic carbocycles. The predicted molar refractivity (Wildman–Crippen MR) is 121 cm³/mol. The van der Waals surface area contributed by atoms with Crippen molar-refractivity contribution in [1.29, 1.82) is 0 Å². The van der Waals surface area contributed by atoms with Crippen LogP contribution in [0.2, 0.25) is 0 Å². The van der Waals surface area contributed by atoms with Gasteiger partial charge in [-0.05, 0) is 55.5 Å². The highest BCUT2D eigenvalue weighted by Crippen LogP contribution is 2.32. The van der Waals surface area contributed by atoms with Crippen LogP contribution in [0.1, 0.15) is 59.4 Å². The topological polar surface area (TPSA) is 40.6 Å². The van der Waals surface area contributed by atoms with Gasteiger partial charge < -0.3 is 9.80 Å². The highest BCUT2D eigenvalue weighted by Gasteiger charge is 2.30. The van der Waals surface area contributed by atoms with Crippen molar-refractivity contribution in [3.8, 4) is 0 Å². The van der Waals surface area contributed by atoms with E-state index in [-0.39, 0.29) is 5.91 Å². The van der Waals surface area contributed by atoms with Crippen molar-refractivity contribution < 1.29 is 22.8 Å². The van der Waals surface area contributed by atoms with Crippen LogP contribution in [0, 0.1) is 5.92 Å². The number of alkyl halides is 3. The number of aldehydes is 1. The van der Waals surface area contributed by atoms with Gasteiger partial charge in [0, 0.05) is 37.9 Å². The van der Waals surface area contributed by atoms with E-state index in [2.05, 4.69) is 4.90 Å². The molecule has 1 aliphatic rings. The summed E-state index contributed by atoms with van der Waals surface area (Å²) in [4.78, 5) is 27.5. The lowest BCUT2D eigenvalue weighted by Crippen LogP contribution is -2.35. The molecule has 1 saturated heterocycles. The molecule has 0 aliphatic carbocycles. The molecule has 4 nitrogen and oxygen atoms in total. The third-order valence-corrected chi connectivity index (χ3v) is 5.71. The lowest BCUT2D eigenvalue weighted by molar-refractivity contribution is -0.137. The summed E-state index contributed by atoms with van der Waals surface area (Å²) in [5.41, 5.74) is 0.968. The van der Waals surface area contributed by atoms with Crippen molar-refractivity contribution in [2.75, 3.05) is 31.6 Å². The minimum absolute atomic E-state index is 0.167. The summed E-state index contributed by atoms with van der Waals surface area (Å²) in [7, 11) is 1.74. The van der Waals surface area contributed by atoms with Crippen LogP contribution in [0.25, 0.3) is 0 Å². The van der Waals surface area contributed by atoms with Crippen LogP contribution >= 0.6 is 0 Å². The number of piperidine rings is 1. The molecule has 1 amide bonds. The summed E-state index contributed by atoms with van der Waals surface area (Å²) in [6.45, 7) is 6.15. The van der Waals surface area contributed by atoms with Gasteiger partial charge in [0.25, 0.3) is 5.91 Å². The first kappa shape index (κ1) is 25.4. The molecule has 0 N–H and O–H groups in total. The molecule has 32 heavy (non-hydrogen) atoms. The monoisotopic (exact) mass is 448 g/mol. The second kappa shape index (κ2) is 11.7. The Morgan fingerprint density at radius 3 is 2.22 bits per heavy atom. The number of rotatable bonds is 6. The first-order chi connectivity index (χ1) is 15.3. The third-order valence-electron chi connectivity index (χ3n) is 5.71. The number of hydrogen-bond donors (Lipinski definition) is 0. The van der Waals surface area contributed by atoms with E-state index in [1.54, 1.807) is 36.2 Å². The zero-order valence-corrected chi connectivity index (χ0v) is 18.9. The summed E-state index contributed by atoms with van der Waals surface area (Å²) in [6, 6.07) is 12.1. The van der Waals surface area contributed by atoms with Gasteiger partial charge in [-0.1, -0.05) is 32.0 Å². The quantitative estimate of drug-likeness (QED) is 0.515. The van der Waals surface area contributed by atoms with E-state index in [1.807, 2.05) is 13.8 Å². The van der Waals surface area contributed by atoms with Gasteiger partial charge >= 0.3 is 6.18 Å². The smallest absolute Gasteiger partial charge is 0.372 e. The molecule has 0 bridgehead atoms. The third kappa shape index (κ3) is 6.58. The number of anilines is 1.